The summed E-state index contributed by atoms with van der Waals surface area (Å²) >= 11 is 0. The van der Waals surface area contributed by atoms with Crippen LogP contribution in [0.4, 0.5) is 5.82 Å². The predicted molar refractivity (Wildman–Crippen MR) is 107 cm³/mol. The number of amides is 3. The van der Waals surface area contributed by atoms with Gasteiger partial charge >= 0.3 is 0 Å². The topological polar surface area (TPSA) is 123 Å². The van der Waals surface area contributed by atoms with Gasteiger partial charge in [-0.25, -0.2) is 0 Å². The Morgan fingerprint density at radius 3 is 2.45 bits per heavy atom. The summed E-state index contributed by atoms with van der Waals surface area (Å²) in [6.45, 7) is 0. The highest BCUT2D eigenvalue weighted by Gasteiger charge is 2.32. The van der Waals surface area contributed by atoms with Gasteiger partial charge in [0.2, 0.25) is 0 Å². The van der Waals surface area contributed by atoms with Crippen LogP contribution in [0.2, 0.25) is 0 Å². The number of nitrogens with zero attached hydrogens (tertiary/aromatic N) is 1. The number of fused-ring (bicyclic) bond motifs is 1. The van der Waals surface area contributed by atoms with Gasteiger partial charge < -0.3 is 11.1 Å². The van der Waals surface area contributed by atoms with Crippen LogP contribution in [-0.2, 0) is 0 Å². The predicted octanol–water partition coefficient (Wildman–Crippen LogP) is 1.76. The standard InChI is InChI=1S/C21H22N4O4/c22-18-17-14(20(28)24-21(17)29)11-16(26)25(18)15-10-6-5-9-13(15)19(27)23-12-7-3-1-2-4-8-12/h5-6,9-12H,1-4,7-8,22H2,(H,23,27)(H,24,28,29). The molecule has 0 saturated heterocycles. The second-order valence-corrected chi connectivity index (χ2v) is 7.45. The van der Waals surface area contributed by atoms with Crippen molar-refractivity contribution in [2.75, 3.05) is 5.73 Å². The van der Waals surface area contributed by atoms with Gasteiger partial charge in [0, 0.05) is 12.1 Å². The van der Waals surface area contributed by atoms with Gasteiger partial charge in [-0.15, -0.1) is 0 Å². The monoisotopic (exact) mass is 394 g/mol. The summed E-state index contributed by atoms with van der Waals surface area (Å²) in [6.07, 6.45) is 6.35. The zero-order valence-electron chi connectivity index (χ0n) is 15.9. The van der Waals surface area contributed by atoms with Crippen LogP contribution >= 0.6 is 0 Å². The van der Waals surface area contributed by atoms with Crippen molar-refractivity contribution < 1.29 is 14.4 Å². The number of nitrogens with one attached hydrogen (secondary N) is 2. The molecule has 29 heavy (non-hydrogen) atoms. The molecule has 0 atom stereocenters. The number of aromatic nitrogens is 1. The zero-order chi connectivity index (χ0) is 20.5. The number of nitrogen functional groups attached to an aromatic ring is 1. The van der Waals surface area contributed by atoms with Gasteiger partial charge in [0.25, 0.3) is 23.3 Å². The summed E-state index contributed by atoms with van der Waals surface area (Å²) < 4.78 is 1.11. The molecule has 150 valence electrons. The number of carbonyl (C=O) groups is 3. The third-order valence-electron chi connectivity index (χ3n) is 5.53. The highest BCUT2D eigenvalue weighted by Crippen LogP contribution is 2.25. The Kier molecular flexibility index (Phi) is 4.92. The molecule has 4 N–H and O–H groups in total. The van der Waals surface area contributed by atoms with E-state index >= 15 is 0 Å². The second-order valence-electron chi connectivity index (χ2n) is 7.45. The summed E-state index contributed by atoms with van der Waals surface area (Å²) in [4.78, 5) is 49.7. The van der Waals surface area contributed by atoms with Crippen LogP contribution in [0.3, 0.4) is 0 Å². The Labute approximate surface area is 167 Å². The number of anilines is 1. The number of hydrogen-bond acceptors (Lipinski definition) is 5. The van der Waals surface area contributed by atoms with E-state index in [0.29, 0.717) is 0 Å². The molecule has 1 aromatic carbocycles. The van der Waals surface area contributed by atoms with Gasteiger partial charge in [-0.1, -0.05) is 37.8 Å². The van der Waals surface area contributed by atoms with Crippen LogP contribution in [0.25, 0.3) is 5.69 Å². The second kappa shape index (κ2) is 7.54. The fraction of sp³-hybridized carbons (Fsp3) is 0.333. The van der Waals surface area contributed by atoms with Gasteiger partial charge in [0.05, 0.1) is 22.4 Å². The van der Waals surface area contributed by atoms with Gasteiger partial charge in [-0.05, 0) is 25.0 Å². The normalized spacial score (nSPS) is 16.8. The molecule has 4 rings (SSSR count). The van der Waals surface area contributed by atoms with E-state index in [1.807, 2.05) is 0 Å². The van der Waals surface area contributed by atoms with Crippen molar-refractivity contribution in [3.63, 3.8) is 0 Å². The highest BCUT2D eigenvalue weighted by atomic mass is 16.2. The summed E-state index contributed by atoms with van der Waals surface area (Å²) in [7, 11) is 0. The highest BCUT2D eigenvalue weighted by molar-refractivity contribution is 6.23. The number of benzene rings is 1. The minimum absolute atomic E-state index is 0.0471. The zero-order valence-corrected chi connectivity index (χ0v) is 15.9. The van der Waals surface area contributed by atoms with Crippen LogP contribution in [0, 0.1) is 0 Å². The first-order valence-electron chi connectivity index (χ1n) is 9.79. The van der Waals surface area contributed by atoms with Crippen molar-refractivity contribution in [2.24, 2.45) is 0 Å². The van der Waals surface area contributed by atoms with E-state index in [1.165, 1.54) is 12.8 Å². The molecule has 2 aliphatic rings. The summed E-state index contributed by atoms with van der Waals surface area (Å²) in [5, 5.41) is 5.20. The van der Waals surface area contributed by atoms with E-state index in [1.54, 1.807) is 24.3 Å². The van der Waals surface area contributed by atoms with E-state index in [4.69, 9.17) is 5.73 Å². The van der Waals surface area contributed by atoms with Crippen molar-refractivity contribution in [1.82, 2.24) is 15.2 Å². The quantitative estimate of drug-likeness (QED) is 0.541. The molecule has 2 heterocycles. The molecular weight excluding hydrogens is 372 g/mol. The molecule has 3 amide bonds. The van der Waals surface area contributed by atoms with E-state index in [9.17, 15) is 19.2 Å². The summed E-state index contributed by atoms with van der Waals surface area (Å²) in [5.41, 5.74) is 6.00. The lowest BCUT2D eigenvalue weighted by atomic mass is 10.1. The first-order valence-corrected chi connectivity index (χ1v) is 9.79. The smallest absolute Gasteiger partial charge is 0.262 e. The van der Waals surface area contributed by atoms with Crippen molar-refractivity contribution >= 4 is 23.5 Å². The number of carbonyl (C=O) groups excluding carboxylic acids is 3. The van der Waals surface area contributed by atoms with Crippen LogP contribution in [0.15, 0.2) is 35.1 Å². The number of imide groups is 1. The molecular formula is C21H22N4O4. The van der Waals surface area contributed by atoms with Crippen molar-refractivity contribution in [3.8, 4) is 5.69 Å². The Balaban J connectivity index is 1.75. The van der Waals surface area contributed by atoms with E-state index in [2.05, 4.69) is 10.6 Å². The number of pyridine rings is 1. The van der Waals surface area contributed by atoms with Crippen LogP contribution in [-0.4, -0.2) is 28.3 Å². The molecule has 8 nitrogen and oxygen atoms in total. The van der Waals surface area contributed by atoms with E-state index in [0.717, 1.165) is 36.3 Å². The van der Waals surface area contributed by atoms with Crippen molar-refractivity contribution in [3.05, 3.63) is 57.4 Å². The molecule has 0 spiro atoms. The van der Waals surface area contributed by atoms with Crippen molar-refractivity contribution in [1.29, 1.82) is 0 Å². The van der Waals surface area contributed by atoms with Gasteiger partial charge in [0.15, 0.2) is 0 Å². The lowest BCUT2D eigenvalue weighted by Gasteiger charge is -2.19. The maximum atomic E-state index is 13.0. The molecule has 1 aromatic heterocycles. The molecule has 1 aliphatic heterocycles. The first kappa shape index (κ1) is 18.9. The number of para-hydroxylation sites is 1. The summed E-state index contributed by atoms with van der Waals surface area (Å²) in [6, 6.07) is 7.77. The molecule has 8 heteroatoms. The van der Waals surface area contributed by atoms with Crippen LogP contribution in [0.1, 0.15) is 69.6 Å². The van der Waals surface area contributed by atoms with Gasteiger partial charge in [-0.3, -0.25) is 29.1 Å². The first-order chi connectivity index (χ1) is 14.0. The maximum Gasteiger partial charge on any atom is 0.262 e. The van der Waals surface area contributed by atoms with Crippen LogP contribution in [0.5, 0.6) is 0 Å². The SMILES string of the molecule is Nc1c2c(cc(=O)n1-c1ccccc1C(=O)NC1CCCCCC1)C(=O)NC2=O. The summed E-state index contributed by atoms with van der Waals surface area (Å²) in [5.74, 6) is -1.76. The molecule has 0 unspecified atom stereocenters. The Morgan fingerprint density at radius 1 is 1.03 bits per heavy atom. The van der Waals surface area contributed by atoms with E-state index < -0.39 is 17.4 Å². The fourth-order valence-corrected chi connectivity index (χ4v) is 4.08. The third-order valence-corrected chi connectivity index (χ3v) is 5.53. The molecule has 1 aliphatic carbocycles. The lowest BCUT2D eigenvalue weighted by Crippen LogP contribution is -2.35. The molecule has 1 saturated carbocycles. The minimum atomic E-state index is -0.656. The average Bonchev–Trinajstić information content (AvgIpc) is 2.86. The third kappa shape index (κ3) is 3.41. The number of rotatable bonds is 3. The lowest BCUT2D eigenvalue weighted by molar-refractivity contribution is 0.0877. The number of nitrogens with two attached hydrogens (primary N) is 1. The van der Waals surface area contributed by atoms with Gasteiger partial charge in [-0.2, -0.15) is 0 Å². The van der Waals surface area contributed by atoms with Gasteiger partial charge in [0.1, 0.15) is 5.82 Å². The fourth-order valence-electron chi connectivity index (χ4n) is 4.08. The molecule has 0 bridgehead atoms. The molecule has 0 radical (unpaired) electrons. The van der Waals surface area contributed by atoms with E-state index in [-0.39, 0.29) is 40.1 Å². The number of hydrogen-bond donors (Lipinski definition) is 3. The Bertz CT molecular complexity index is 1060. The molecule has 1 fully saturated rings. The van der Waals surface area contributed by atoms with Crippen LogP contribution < -0.4 is 21.9 Å². The largest absolute Gasteiger partial charge is 0.384 e. The molecule has 2 aromatic rings. The average molecular weight is 394 g/mol. The maximum absolute atomic E-state index is 13.0. The minimum Gasteiger partial charge on any atom is -0.384 e. The Morgan fingerprint density at radius 2 is 1.72 bits per heavy atom. The van der Waals surface area contributed by atoms with Crippen molar-refractivity contribution in [2.45, 2.75) is 44.6 Å². The Hall–Kier alpha value is -3.42.